The number of hydrogen-bond donors (Lipinski definition) is 1. The number of aromatic nitrogens is 2. The Bertz CT molecular complexity index is 373. The predicted molar refractivity (Wildman–Crippen MR) is 72.2 cm³/mol. The first-order chi connectivity index (χ1) is 8.56. The van der Waals surface area contributed by atoms with Crippen LogP contribution >= 0.6 is 0 Å². The lowest BCUT2D eigenvalue weighted by molar-refractivity contribution is -0.130. The second kappa shape index (κ2) is 7.16. The fourth-order valence-corrected chi connectivity index (χ4v) is 1.87. The summed E-state index contributed by atoms with van der Waals surface area (Å²) in [5.41, 5.74) is 5.43. The number of imidazole rings is 1. The van der Waals surface area contributed by atoms with Gasteiger partial charge >= 0.3 is 0 Å². The van der Waals surface area contributed by atoms with Gasteiger partial charge in [-0.3, -0.25) is 4.79 Å². The molecule has 1 rings (SSSR count). The van der Waals surface area contributed by atoms with Gasteiger partial charge in [-0.1, -0.05) is 13.8 Å². The second-order valence-corrected chi connectivity index (χ2v) is 4.84. The minimum atomic E-state index is 0.159. The van der Waals surface area contributed by atoms with Gasteiger partial charge in [0.15, 0.2) is 0 Å². The van der Waals surface area contributed by atoms with E-state index in [0.717, 1.165) is 18.8 Å². The molecule has 0 aromatic carbocycles. The highest BCUT2D eigenvalue weighted by Gasteiger charge is 2.11. The van der Waals surface area contributed by atoms with Gasteiger partial charge in [0.25, 0.3) is 0 Å². The molecule has 1 aromatic heterocycles. The molecule has 0 unspecified atom stereocenters. The monoisotopic (exact) mass is 252 g/mol. The van der Waals surface area contributed by atoms with Crippen molar-refractivity contribution >= 4 is 5.91 Å². The summed E-state index contributed by atoms with van der Waals surface area (Å²) >= 11 is 0. The van der Waals surface area contributed by atoms with Crippen molar-refractivity contribution in [3.05, 3.63) is 18.2 Å². The van der Waals surface area contributed by atoms with Crippen LogP contribution in [0, 0.1) is 0 Å². The van der Waals surface area contributed by atoms with Crippen LogP contribution in [-0.4, -0.2) is 40.5 Å². The molecule has 2 N–H and O–H groups in total. The Labute approximate surface area is 109 Å². The Kier molecular flexibility index (Phi) is 5.85. The predicted octanol–water partition coefficient (Wildman–Crippen LogP) is 1.20. The molecule has 0 radical (unpaired) electrons. The zero-order chi connectivity index (χ0) is 13.5. The summed E-state index contributed by atoms with van der Waals surface area (Å²) in [6, 6.07) is 0. The lowest BCUT2D eigenvalue weighted by Crippen LogP contribution is -2.29. The quantitative estimate of drug-likeness (QED) is 0.793. The van der Waals surface area contributed by atoms with Gasteiger partial charge in [-0.2, -0.15) is 0 Å². The third kappa shape index (κ3) is 4.14. The molecule has 1 heterocycles. The molecule has 5 nitrogen and oxygen atoms in total. The fourth-order valence-electron chi connectivity index (χ4n) is 1.87. The molecular weight excluding hydrogens is 228 g/mol. The van der Waals surface area contributed by atoms with E-state index in [1.54, 1.807) is 11.1 Å². The molecule has 0 aliphatic rings. The topological polar surface area (TPSA) is 64.2 Å². The summed E-state index contributed by atoms with van der Waals surface area (Å²) in [6.45, 7) is 6.26. The third-order valence-electron chi connectivity index (χ3n) is 2.95. The van der Waals surface area contributed by atoms with E-state index in [2.05, 4.69) is 23.4 Å². The highest BCUT2D eigenvalue weighted by molar-refractivity contribution is 5.75. The molecule has 0 bridgehead atoms. The largest absolute Gasteiger partial charge is 0.346 e. The van der Waals surface area contributed by atoms with Crippen molar-refractivity contribution in [2.75, 3.05) is 20.1 Å². The van der Waals surface area contributed by atoms with Crippen LogP contribution in [0.1, 0.15) is 38.4 Å². The highest BCUT2D eigenvalue weighted by Crippen LogP contribution is 2.12. The summed E-state index contributed by atoms with van der Waals surface area (Å²) in [5, 5.41) is 0. The van der Waals surface area contributed by atoms with Crippen LogP contribution in [0.4, 0.5) is 0 Å². The summed E-state index contributed by atoms with van der Waals surface area (Å²) in [7, 11) is 1.83. The van der Waals surface area contributed by atoms with Crippen LogP contribution in [0.25, 0.3) is 0 Å². The van der Waals surface area contributed by atoms with Crippen molar-refractivity contribution in [2.45, 2.75) is 39.2 Å². The summed E-state index contributed by atoms with van der Waals surface area (Å²) in [6.07, 6.45) is 5.09. The first-order valence-electron chi connectivity index (χ1n) is 6.51. The van der Waals surface area contributed by atoms with Crippen LogP contribution in [0.3, 0.4) is 0 Å². The van der Waals surface area contributed by atoms with E-state index < -0.39 is 0 Å². The zero-order valence-electron chi connectivity index (χ0n) is 11.6. The summed E-state index contributed by atoms with van der Waals surface area (Å²) in [4.78, 5) is 17.9. The number of nitrogens with zero attached hydrogens (tertiary/aromatic N) is 3. The van der Waals surface area contributed by atoms with Crippen LogP contribution < -0.4 is 5.73 Å². The van der Waals surface area contributed by atoms with Crippen molar-refractivity contribution in [3.63, 3.8) is 0 Å². The van der Waals surface area contributed by atoms with Gasteiger partial charge < -0.3 is 15.2 Å². The standard InChI is InChI=1S/C13H24N4O/c1-11(2)13-15-7-10-17(13)9-5-12(18)16(3)8-4-6-14/h7,10-11H,4-6,8-9,14H2,1-3H3. The molecule has 0 aliphatic heterocycles. The Morgan fingerprint density at radius 1 is 1.56 bits per heavy atom. The Morgan fingerprint density at radius 3 is 2.89 bits per heavy atom. The van der Waals surface area contributed by atoms with E-state index in [1.807, 2.05) is 13.2 Å². The molecule has 1 amide bonds. The molecule has 5 heteroatoms. The number of carbonyl (C=O) groups excluding carboxylic acids is 1. The minimum Gasteiger partial charge on any atom is -0.346 e. The van der Waals surface area contributed by atoms with Gasteiger partial charge in [0, 0.05) is 44.9 Å². The van der Waals surface area contributed by atoms with Crippen LogP contribution in [-0.2, 0) is 11.3 Å². The zero-order valence-corrected chi connectivity index (χ0v) is 11.6. The Hall–Kier alpha value is -1.36. The molecule has 0 saturated heterocycles. The van der Waals surface area contributed by atoms with E-state index in [9.17, 15) is 4.79 Å². The molecule has 0 fully saturated rings. The van der Waals surface area contributed by atoms with Crippen molar-refractivity contribution in [1.29, 1.82) is 0 Å². The molecule has 102 valence electrons. The van der Waals surface area contributed by atoms with Gasteiger partial charge in [0.1, 0.15) is 5.82 Å². The van der Waals surface area contributed by atoms with Gasteiger partial charge in [-0.05, 0) is 13.0 Å². The molecule has 1 aromatic rings. The van der Waals surface area contributed by atoms with Crippen LogP contribution in [0.15, 0.2) is 12.4 Å². The summed E-state index contributed by atoms with van der Waals surface area (Å²) < 4.78 is 2.05. The number of hydrogen-bond acceptors (Lipinski definition) is 3. The van der Waals surface area contributed by atoms with Crippen LogP contribution in [0.5, 0.6) is 0 Å². The van der Waals surface area contributed by atoms with E-state index in [-0.39, 0.29) is 5.91 Å². The van der Waals surface area contributed by atoms with Crippen molar-refractivity contribution in [3.8, 4) is 0 Å². The molecular formula is C13H24N4O. The van der Waals surface area contributed by atoms with E-state index in [1.165, 1.54) is 0 Å². The number of nitrogens with two attached hydrogens (primary N) is 1. The number of rotatable bonds is 7. The fraction of sp³-hybridized carbons (Fsp3) is 0.692. The second-order valence-electron chi connectivity index (χ2n) is 4.84. The average Bonchev–Trinajstić information content (AvgIpc) is 2.81. The Balaban J connectivity index is 2.44. The number of amides is 1. The van der Waals surface area contributed by atoms with Crippen molar-refractivity contribution < 1.29 is 4.79 Å². The highest BCUT2D eigenvalue weighted by atomic mass is 16.2. The lowest BCUT2D eigenvalue weighted by atomic mass is 10.2. The summed E-state index contributed by atoms with van der Waals surface area (Å²) in [5.74, 6) is 1.57. The molecule has 0 atom stereocenters. The SMILES string of the molecule is CC(C)c1nccn1CCC(=O)N(C)CCCN. The number of aryl methyl sites for hydroxylation is 1. The van der Waals surface area contributed by atoms with Gasteiger partial charge in [-0.15, -0.1) is 0 Å². The number of carbonyl (C=O) groups is 1. The third-order valence-corrected chi connectivity index (χ3v) is 2.95. The van der Waals surface area contributed by atoms with Gasteiger partial charge in [0.05, 0.1) is 0 Å². The van der Waals surface area contributed by atoms with Gasteiger partial charge in [0.2, 0.25) is 5.91 Å². The first-order valence-corrected chi connectivity index (χ1v) is 6.51. The van der Waals surface area contributed by atoms with Crippen molar-refractivity contribution in [2.24, 2.45) is 5.73 Å². The maximum Gasteiger partial charge on any atom is 0.224 e. The van der Waals surface area contributed by atoms with Crippen molar-refractivity contribution in [1.82, 2.24) is 14.5 Å². The normalized spacial score (nSPS) is 10.9. The van der Waals surface area contributed by atoms with Crippen LogP contribution in [0.2, 0.25) is 0 Å². The maximum atomic E-state index is 11.9. The molecule has 0 aliphatic carbocycles. The first kappa shape index (κ1) is 14.7. The van der Waals surface area contributed by atoms with E-state index in [0.29, 0.717) is 25.4 Å². The average molecular weight is 252 g/mol. The minimum absolute atomic E-state index is 0.159. The Morgan fingerprint density at radius 2 is 2.28 bits per heavy atom. The molecule has 18 heavy (non-hydrogen) atoms. The maximum absolute atomic E-state index is 11.9. The van der Waals surface area contributed by atoms with E-state index >= 15 is 0 Å². The lowest BCUT2D eigenvalue weighted by Gasteiger charge is -2.17. The van der Waals surface area contributed by atoms with E-state index in [4.69, 9.17) is 5.73 Å². The molecule has 0 spiro atoms. The smallest absolute Gasteiger partial charge is 0.224 e. The van der Waals surface area contributed by atoms with Gasteiger partial charge in [-0.25, -0.2) is 4.98 Å². The molecule has 0 saturated carbocycles.